The molecule has 0 aliphatic rings. The lowest BCUT2D eigenvalue weighted by Gasteiger charge is -2.13. The molecule has 3 aromatic rings. The van der Waals surface area contributed by atoms with E-state index in [2.05, 4.69) is 10.3 Å². The number of benzene rings is 2. The lowest BCUT2D eigenvalue weighted by molar-refractivity contribution is -0.123. The molecule has 0 aliphatic carbocycles. The summed E-state index contributed by atoms with van der Waals surface area (Å²) >= 11 is 0. The SMILES string of the molecule is CC(OC(=O)c1ccc2ncoc2c1)C(=O)Nc1ccc(F)cc1. The molecule has 3 rings (SSSR count). The number of carbonyl (C=O) groups excluding carboxylic acids is 2. The van der Waals surface area contributed by atoms with Crippen LogP contribution in [0.1, 0.15) is 17.3 Å². The minimum Gasteiger partial charge on any atom is -0.449 e. The summed E-state index contributed by atoms with van der Waals surface area (Å²) in [4.78, 5) is 28.1. The van der Waals surface area contributed by atoms with Gasteiger partial charge >= 0.3 is 5.97 Å². The summed E-state index contributed by atoms with van der Waals surface area (Å²) in [5.41, 5.74) is 1.73. The Balaban J connectivity index is 1.64. The van der Waals surface area contributed by atoms with Crippen LogP contribution in [0, 0.1) is 5.82 Å². The molecule has 0 aliphatic heterocycles. The number of hydrogen-bond acceptors (Lipinski definition) is 5. The van der Waals surface area contributed by atoms with Crippen LogP contribution < -0.4 is 5.32 Å². The summed E-state index contributed by atoms with van der Waals surface area (Å²) < 4.78 is 23.1. The Morgan fingerprint density at radius 1 is 1.21 bits per heavy atom. The van der Waals surface area contributed by atoms with Crippen LogP contribution in [0.15, 0.2) is 53.3 Å². The topological polar surface area (TPSA) is 81.4 Å². The van der Waals surface area contributed by atoms with Gasteiger partial charge in [0.2, 0.25) is 0 Å². The normalized spacial score (nSPS) is 11.9. The van der Waals surface area contributed by atoms with Crippen LogP contribution in [0.2, 0.25) is 0 Å². The van der Waals surface area contributed by atoms with Crippen molar-refractivity contribution in [2.45, 2.75) is 13.0 Å². The molecule has 0 saturated heterocycles. The van der Waals surface area contributed by atoms with Crippen molar-refractivity contribution < 1.29 is 23.1 Å². The molecule has 0 fully saturated rings. The van der Waals surface area contributed by atoms with Crippen molar-refractivity contribution in [3.8, 4) is 0 Å². The highest BCUT2D eigenvalue weighted by atomic mass is 19.1. The number of fused-ring (bicyclic) bond motifs is 1. The molecule has 1 atom stereocenters. The van der Waals surface area contributed by atoms with Gasteiger partial charge in [-0.15, -0.1) is 0 Å². The highest BCUT2D eigenvalue weighted by Crippen LogP contribution is 2.16. The second-order valence-corrected chi connectivity index (χ2v) is 5.08. The Labute approximate surface area is 136 Å². The average Bonchev–Trinajstić information content (AvgIpc) is 3.04. The zero-order chi connectivity index (χ0) is 17.1. The average molecular weight is 328 g/mol. The number of esters is 1. The van der Waals surface area contributed by atoms with E-state index in [0.29, 0.717) is 16.8 Å². The monoisotopic (exact) mass is 328 g/mol. The summed E-state index contributed by atoms with van der Waals surface area (Å²) in [6, 6.07) is 9.93. The number of carbonyl (C=O) groups is 2. The summed E-state index contributed by atoms with van der Waals surface area (Å²) in [6.45, 7) is 1.45. The quantitative estimate of drug-likeness (QED) is 0.744. The van der Waals surface area contributed by atoms with Crippen LogP contribution in [0.25, 0.3) is 11.1 Å². The third kappa shape index (κ3) is 3.40. The van der Waals surface area contributed by atoms with Gasteiger partial charge < -0.3 is 14.5 Å². The Hall–Kier alpha value is -3.22. The molecular formula is C17H13FN2O4. The molecule has 6 nitrogen and oxygen atoms in total. The number of oxazole rings is 1. The molecule has 1 amide bonds. The van der Waals surface area contributed by atoms with E-state index in [0.717, 1.165) is 0 Å². The van der Waals surface area contributed by atoms with E-state index in [-0.39, 0.29) is 5.56 Å². The third-order valence-electron chi connectivity index (χ3n) is 3.33. The first kappa shape index (κ1) is 15.7. The number of rotatable bonds is 4. The van der Waals surface area contributed by atoms with Crippen LogP contribution in [-0.4, -0.2) is 23.0 Å². The fourth-order valence-electron chi connectivity index (χ4n) is 2.04. The standard InChI is InChI=1S/C17H13FN2O4/c1-10(16(21)20-13-5-3-12(18)4-6-13)24-17(22)11-2-7-14-15(8-11)23-9-19-14/h2-10H,1H3,(H,20,21). The second-order valence-electron chi connectivity index (χ2n) is 5.08. The first-order valence-corrected chi connectivity index (χ1v) is 7.13. The van der Waals surface area contributed by atoms with Crippen molar-refractivity contribution in [1.29, 1.82) is 0 Å². The molecule has 0 spiro atoms. The van der Waals surface area contributed by atoms with Crippen LogP contribution in [0.5, 0.6) is 0 Å². The first-order chi connectivity index (χ1) is 11.5. The van der Waals surface area contributed by atoms with Gasteiger partial charge in [0, 0.05) is 5.69 Å². The predicted molar refractivity (Wildman–Crippen MR) is 83.9 cm³/mol. The Bertz CT molecular complexity index is 889. The minimum atomic E-state index is -1.02. The smallest absolute Gasteiger partial charge is 0.339 e. The number of nitrogens with one attached hydrogen (secondary N) is 1. The molecule has 122 valence electrons. The van der Waals surface area contributed by atoms with Gasteiger partial charge in [-0.05, 0) is 49.4 Å². The van der Waals surface area contributed by atoms with Gasteiger partial charge in [-0.25, -0.2) is 14.2 Å². The fraction of sp³-hybridized carbons (Fsp3) is 0.118. The molecule has 0 bridgehead atoms. The largest absolute Gasteiger partial charge is 0.449 e. The first-order valence-electron chi connectivity index (χ1n) is 7.13. The maximum absolute atomic E-state index is 12.8. The van der Waals surface area contributed by atoms with Gasteiger partial charge in [-0.3, -0.25) is 4.79 Å². The molecule has 1 heterocycles. The Morgan fingerprint density at radius 2 is 1.96 bits per heavy atom. The zero-order valence-corrected chi connectivity index (χ0v) is 12.7. The number of amides is 1. The van der Waals surface area contributed by atoms with E-state index in [4.69, 9.17) is 9.15 Å². The summed E-state index contributed by atoms with van der Waals surface area (Å²) in [6.07, 6.45) is 0.256. The fourth-order valence-corrected chi connectivity index (χ4v) is 2.04. The third-order valence-corrected chi connectivity index (χ3v) is 3.33. The molecule has 24 heavy (non-hydrogen) atoms. The number of hydrogen-bond donors (Lipinski definition) is 1. The van der Waals surface area contributed by atoms with E-state index >= 15 is 0 Å². The number of halogens is 1. The highest BCUT2D eigenvalue weighted by Gasteiger charge is 2.19. The van der Waals surface area contributed by atoms with Crippen molar-refractivity contribution in [2.75, 3.05) is 5.32 Å². The second kappa shape index (κ2) is 6.49. The van der Waals surface area contributed by atoms with Crippen LogP contribution in [-0.2, 0) is 9.53 Å². The van der Waals surface area contributed by atoms with Crippen LogP contribution >= 0.6 is 0 Å². The molecule has 1 aromatic heterocycles. The number of ether oxygens (including phenoxy) is 1. The molecule has 7 heteroatoms. The van der Waals surface area contributed by atoms with E-state index < -0.39 is 23.8 Å². The highest BCUT2D eigenvalue weighted by molar-refractivity contribution is 5.98. The van der Waals surface area contributed by atoms with Crippen molar-refractivity contribution in [2.24, 2.45) is 0 Å². The maximum atomic E-state index is 12.8. The summed E-state index contributed by atoms with van der Waals surface area (Å²) in [5.74, 6) is -1.58. The number of anilines is 1. The van der Waals surface area contributed by atoms with Gasteiger partial charge in [0.05, 0.1) is 5.56 Å². The molecule has 0 saturated carbocycles. The van der Waals surface area contributed by atoms with Gasteiger partial charge in [0.25, 0.3) is 5.91 Å². The van der Waals surface area contributed by atoms with Crippen LogP contribution in [0.3, 0.4) is 0 Å². The molecule has 1 N–H and O–H groups in total. The van der Waals surface area contributed by atoms with Crippen molar-refractivity contribution in [1.82, 2.24) is 4.98 Å². The van der Waals surface area contributed by atoms with E-state index in [1.54, 1.807) is 6.07 Å². The lowest BCUT2D eigenvalue weighted by Crippen LogP contribution is -2.30. The van der Waals surface area contributed by atoms with Crippen LogP contribution in [0.4, 0.5) is 10.1 Å². The minimum absolute atomic E-state index is 0.251. The van der Waals surface area contributed by atoms with E-state index in [1.165, 1.54) is 49.7 Å². The number of aromatic nitrogens is 1. The van der Waals surface area contributed by atoms with Gasteiger partial charge in [0.15, 0.2) is 18.1 Å². The number of nitrogens with zero attached hydrogens (tertiary/aromatic N) is 1. The zero-order valence-electron chi connectivity index (χ0n) is 12.7. The van der Waals surface area contributed by atoms with E-state index in [1.807, 2.05) is 0 Å². The van der Waals surface area contributed by atoms with Gasteiger partial charge in [0.1, 0.15) is 11.3 Å². The van der Waals surface area contributed by atoms with Crippen molar-refractivity contribution in [3.63, 3.8) is 0 Å². The molecule has 2 aromatic carbocycles. The summed E-state index contributed by atoms with van der Waals surface area (Å²) in [7, 11) is 0. The molecule has 0 radical (unpaired) electrons. The predicted octanol–water partition coefficient (Wildman–Crippen LogP) is 3.15. The Kier molecular flexibility index (Phi) is 4.24. The lowest BCUT2D eigenvalue weighted by atomic mass is 10.2. The van der Waals surface area contributed by atoms with E-state index in [9.17, 15) is 14.0 Å². The van der Waals surface area contributed by atoms with Crippen molar-refractivity contribution >= 4 is 28.7 Å². The Morgan fingerprint density at radius 3 is 2.71 bits per heavy atom. The molecular weight excluding hydrogens is 315 g/mol. The van der Waals surface area contributed by atoms with Crippen molar-refractivity contribution in [3.05, 3.63) is 60.2 Å². The van der Waals surface area contributed by atoms with Gasteiger partial charge in [-0.1, -0.05) is 0 Å². The molecule has 1 unspecified atom stereocenters. The maximum Gasteiger partial charge on any atom is 0.339 e. The van der Waals surface area contributed by atoms with Gasteiger partial charge in [-0.2, -0.15) is 0 Å². The summed E-state index contributed by atoms with van der Waals surface area (Å²) in [5, 5.41) is 2.54.